The predicted octanol–water partition coefficient (Wildman–Crippen LogP) is 3.45. The highest BCUT2D eigenvalue weighted by Crippen LogP contribution is 2.24. The van der Waals surface area contributed by atoms with Crippen molar-refractivity contribution in [2.24, 2.45) is 5.73 Å². The first-order valence-electron chi connectivity index (χ1n) is 6.79. The van der Waals surface area contributed by atoms with Crippen molar-refractivity contribution in [2.45, 2.75) is 13.5 Å². The Hall–Kier alpha value is -2.46. The van der Waals surface area contributed by atoms with Crippen molar-refractivity contribution in [3.05, 3.63) is 71.7 Å². The molecular formula is C17H16FN3. The summed E-state index contributed by atoms with van der Waals surface area (Å²) in [6, 6.07) is 14.3. The first-order chi connectivity index (χ1) is 10.2. The summed E-state index contributed by atoms with van der Waals surface area (Å²) in [6.07, 6.45) is 1.93. The van der Waals surface area contributed by atoms with E-state index in [0.29, 0.717) is 6.54 Å². The average molecular weight is 281 g/mol. The molecule has 0 aliphatic rings. The molecule has 0 aliphatic carbocycles. The topological polar surface area (TPSA) is 43.8 Å². The van der Waals surface area contributed by atoms with E-state index in [2.05, 4.69) is 5.10 Å². The number of rotatable bonds is 3. The molecule has 0 aliphatic heterocycles. The first-order valence-corrected chi connectivity index (χ1v) is 6.79. The van der Waals surface area contributed by atoms with E-state index in [9.17, 15) is 4.39 Å². The van der Waals surface area contributed by atoms with Crippen molar-refractivity contribution in [3.8, 4) is 16.9 Å². The molecule has 0 bridgehead atoms. The molecule has 21 heavy (non-hydrogen) atoms. The van der Waals surface area contributed by atoms with Crippen LogP contribution in [-0.4, -0.2) is 9.78 Å². The number of aryl methyl sites for hydroxylation is 1. The molecule has 2 aromatic carbocycles. The zero-order valence-electron chi connectivity index (χ0n) is 11.8. The highest BCUT2D eigenvalue weighted by atomic mass is 19.1. The Morgan fingerprint density at radius 2 is 1.81 bits per heavy atom. The molecule has 3 aromatic rings. The third-order valence-corrected chi connectivity index (χ3v) is 3.49. The van der Waals surface area contributed by atoms with E-state index in [-0.39, 0.29) is 5.82 Å². The van der Waals surface area contributed by atoms with Crippen LogP contribution in [0.5, 0.6) is 0 Å². The molecule has 0 saturated carbocycles. The van der Waals surface area contributed by atoms with Gasteiger partial charge in [-0.05, 0) is 42.8 Å². The van der Waals surface area contributed by atoms with Gasteiger partial charge in [0.1, 0.15) is 5.82 Å². The van der Waals surface area contributed by atoms with Crippen LogP contribution in [-0.2, 0) is 6.54 Å². The SMILES string of the molecule is Cc1ccccc1-n1cc(CN)c(-c2ccc(F)cc2)n1. The van der Waals surface area contributed by atoms with Crippen LogP contribution >= 0.6 is 0 Å². The molecule has 0 atom stereocenters. The molecule has 0 unspecified atom stereocenters. The number of nitrogens with zero attached hydrogens (tertiary/aromatic N) is 2. The van der Waals surface area contributed by atoms with Gasteiger partial charge in [-0.1, -0.05) is 18.2 Å². The number of aromatic nitrogens is 2. The van der Waals surface area contributed by atoms with Gasteiger partial charge in [0.05, 0.1) is 11.4 Å². The largest absolute Gasteiger partial charge is 0.326 e. The average Bonchev–Trinajstić information content (AvgIpc) is 2.92. The molecule has 106 valence electrons. The molecule has 3 rings (SSSR count). The minimum atomic E-state index is -0.258. The summed E-state index contributed by atoms with van der Waals surface area (Å²) in [4.78, 5) is 0. The second kappa shape index (κ2) is 5.50. The summed E-state index contributed by atoms with van der Waals surface area (Å²) < 4.78 is 14.9. The maximum absolute atomic E-state index is 13.1. The smallest absolute Gasteiger partial charge is 0.123 e. The van der Waals surface area contributed by atoms with Gasteiger partial charge >= 0.3 is 0 Å². The number of para-hydroxylation sites is 1. The number of nitrogens with two attached hydrogens (primary N) is 1. The molecular weight excluding hydrogens is 265 g/mol. The number of benzene rings is 2. The van der Waals surface area contributed by atoms with E-state index in [0.717, 1.165) is 28.1 Å². The monoisotopic (exact) mass is 281 g/mol. The molecule has 4 heteroatoms. The zero-order valence-corrected chi connectivity index (χ0v) is 11.8. The van der Waals surface area contributed by atoms with E-state index < -0.39 is 0 Å². The fourth-order valence-electron chi connectivity index (χ4n) is 2.35. The molecule has 0 spiro atoms. The quantitative estimate of drug-likeness (QED) is 0.799. The number of hydrogen-bond donors (Lipinski definition) is 1. The highest BCUT2D eigenvalue weighted by molar-refractivity contribution is 5.63. The van der Waals surface area contributed by atoms with Crippen molar-refractivity contribution in [1.82, 2.24) is 9.78 Å². The van der Waals surface area contributed by atoms with Gasteiger partial charge in [0, 0.05) is 23.9 Å². The van der Waals surface area contributed by atoms with E-state index in [1.54, 1.807) is 12.1 Å². The summed E-state index contributed by atoms with van der Waals surface area (Å²) in [6.45, 7) is 2.43. The zero-order chi connectivity index (χ0) is 14.8. The summed E-state index contributed by atoms with van der Waals surface area (Å²) in [5, 5.41) is 4.63. The van der Waals surface area contributed by atoms with Gasteiger partial charge in [-0.3, -0.25) is 0 Å². The van der Waals surface area contributed by atoms with E-state index in [1.807, 2.05) is 42.1 Å². The number of halogens is 1. The van der Waals surface area contributed by atoms with Crippen LogP contribution in [0, 0.1) is 12.7 Å². The lowest BCUT2D eigenvalue weighted by molar-refractivity contribution is 0.628. The normalized spacial score (nSPS) is 10.8. The molecule has 0 radical (unpaired) electrons. The van der Waals surface area contributed by atoms with Gasteiger partial charge < -0.3 is 5.73 Å². The Kier molecular flexibility index (Phi) is 3.54. The Morgan fingerprint density at radius 1 is 1.10 bits per heavy atom. The van der Waals surface area contributed by atoms with Gasteiger partial charge in [0.15, 0.2) is 0 Å². The summed E-state index contributed by atoms with van der Waals surface area (Å²) >= 11 is 0. The fraction of sp³-hybridized carbons (Fsp3) is 0.118. The molecule has 3 nitrogen and oxygen atoms in total. The third-order valence-electron chi connectivity index (χ3n) is 3.49. The number of hydrogen-bond acceptors (Lipinski definition) is 2. The van der Waals surface area contributed by atoms with E-state index in [1.165, 1.54) is 12.1 Å². The molecule has 1 aromatic heterocycles. The molecule has 0 amide bonds. The minimum absolute atomic E-state index is 0.258. The summed E-state index contributed by atoms with van der Waals surface area (Å²) in [5.41, 5.74) is 10.6. The molecule has 2 N–H and O–H groups in total. The molecule has 0 fully saturated rings. The summed E-state index contributed by atoms with van der Waals surface area (Å²) in [5.74, 6) is -0.258. The Bertz CT molecular complexity index is 760. The Morgan fingerprint density at radius 3 is 2.48 bits per heavy atom. The van der Waals surface area contributed by atoms with Crippen LogP contribution in [0.2, 0.25) is 0 Å². The van der Waals surface area contributed by atoms with Crippen molar-refractivity contribution in [3.63, 3.8) is 0 Å². The molecule has 0 saturated heterocycles. The third kappa shape index (κ3) is 2.58. The van der Waals surface area contributed by atoms with Gasteiger partial charge in [0.25, 0.3) is 0 Å². The van der Waals surface area contributed by atoms with Gasteiger partial charge in [-0.2, -0.15) is 5.10 Å². The van der Waals surface area contributed by atoms with Crippen molar-refractivity contribution in [1.29, 1.82) is 0 Å². The maximum atomic E-state index is 13.1. The lowest BCUT2D eigenvalue weighted by atomic mass is 10.1. The standard InChI is InChI=1S/C17H16FN3/c1-12-4-2-3-5-16(12)21-11-14(10-19)17(20-21)13-6-8-15(18)9-7-13/h2-9,11H,10,19H2,1H3. The van der Waals surface area contributed by atoms with Crippen LogP contribution in [0.1, 0.15) is 11.1 Å². The van der Waals surface area contributed by atoms with Gasteiger partial charge in [0.2, 0.25) is 0 Å². The first kappa shape index (κ1) is 13.5. The van der Waals surface area contributed by atoms with Crippen LogP contribution in [0.15, 0.2) is 54.7 Å². The van der Waals surface area contributed by atoms with Gasteiger partial charge in [-0.25, -0.2) is 9.07 Å². The van der Waals surface area contributed by atoms with Crippen LogP contribution < -0.4 is 5.73 Å². The van der Waals surface area contributed by atoms with Crippen molar-refractivity contribution < 1.29 is 4.39 Å². The maximum Gasteiger partial charge on any atom is 0.123 e. The van der Waals surface area contributed by atoms with Crippen LogP contribution in [0.4, 0.5) is 4.39 Å². The van der Waals surface area contributed by atoms with E-state index >= 15 is 0 Å². The Labute approximate surface area is 122 Å². The lowest BCUT2D eigenvalue weighted by Gasteiger charge is -2.04. The van der Waals surface area contributed by atoms with Gasteiger partial charge in [-0.15, -0.1) is 0 Å². The van der Waals surface area contributed by atoms with Crippen molar-refractivity contribution >= 4 is 0 Å². The van der Waals surface area contributed by atoms with E-state index in [4.69, 9.17) is 5.73 Å². The fourth-order valence-corrected chi connectivity index (χ4v) is 2.35. The Balaban J connectivity index is 2.11. The van der Waals surface area contributed by atoms with Crippen LogP contribution in [0.3, 0.4) is 0 Å². The second-order valence-electron chi connectivity index (χ2n) is 4.95. The minimum Gasteiger partial charge on any atom is -0.326 e. The molecule has 1 heterocycles. The summed E-state index contributed by atoms with van der Waals surface area (Å²) in [7, 11) is 0. The van der Waals surface area contributed by atoms with Crippen LogP contribution in [0.25, 0.3) is 16.9 Å². The van der Waals surface area contributed by atoms with Crippen molar-refractivity contribution in [2.75, 3.05) is 0 Å². The lowest BCUT2D eigenvalue weighted by Crippen LogP contribution is -1.97. The predicted molar refractivity (Wildman–Crippen MR) is 81.6 cm³/mol. The second-order valence-corrected chi connectivity index (χ2v) is 4.95. The highest BCUT2D eigenvalue weighted by Gasteiger charge is 2.12.